The number of halogens is 1. The maximum atomic E-state index is 13.1. The lowest BCUT2D eigenvalue weighted by Gasteiger charge is -2.05. The van der Waals surface area contributed by atoms with Crippen molar-refractivity contribution in [3.05, 3.63) is 41.2 Å². The topological polar surface area (TPSA) is 95.9 Å². The van der Waals surface area contributed by atoms with E-state index in [4.69, 9.17) is 10.5 Å². The molecule has 2 heterocycles. The number of esters is 1. The molecule has 0 unspecified atom stereocenters. The van der Waals surface area contributed by atoms with E-state index in [0.29, 0.717) is 11.3 Å². The Morgan fingerprint density at radius 2 is 2.30 bits per heavy atom. The number of ether oxygens (including phenoxy) is 1. The Kier molecular flexibility index (Phi) is 4.36. The zero-order valence-electron chi connectivity index (χ0n) is 10.9. The van der Waals surface area contributed by atoms with E-state index in [-0.39, 0.29) is 25.4 Å². The van der Waals surface area contributed by atoms with Gasteiger partial charge in [-0.15, -0.1) is 5.10 Å². The highest BCUT2D eigenvalue weighted by molar-refractivity contribution is 5.88. The maximum absolute atomic E-state index is 13.1. The fraction of sp³-hybridized carbons (Fsp3) is 0.333. The van der Waals surface area contributed by atoms with Crippen LogP contribution in [-0.2, 0) is 17.8 Å². The molecule has 0 aliphatic heterocycles. The monoisotopic (exact) mass is 279 g/mol. The summed E-state index contributed by atoms with van der Waals surface area (Å²) in [5.41, 5.74) is 6.73. The van der Waals surface area contributed by atoms with Crippen LogP contribution in [0.4, 0.5) is 4.39 Å². The van der Waals surface area contributed by atoms with Crippen LogP contribution in [0.15, 0.2) is 18.5 Å². The summed E-state index contributed by atoms with van der Waals surface area (Å²) in [4.78, 5) is 15.4. The fourth-order valence-corrected chi connectivity index (χ4v) is 1.74. The molecule has 0 atom stereocenters. The first-order chi connectivity index (χ1) is 9.65. The molecular formula is C12H14FN5O2. The second kappa shape index (κ2) is 6.20. The fourth-order valence-electron chi connectivity index (χ4n) is 1.74. The van der Waals surface area contributed by atoms with E-state index >= 15 is 0 Å². The van der Waals surface area contributed by atoms with Crippen molar-refractivity contribution >= 4 is 5.97 Å². The van der Waals surface area contributed by atoms with Crippen molar-refractivity contribution in [1.29, 1.82) is 0 Å². The normalized spacial score (nSPS) is 10.6. The van der Waals surface area contributed by atoms with Crippen molar-refractivity contribution in [3.8, 4) is 0 Å². The summed E-state index contributed by atoms with van der Waals surface area (Å²) in [6.45, 7) is 2.24. The van der Waals surface area contributed by atoms with Crippen LogP contribution >= 0.6 is 0 Å². The van der Waals surface area contributed by atoms with Gasteiger partial charge >= 0.3 is 5.97 Å². The largest absolute Gasteiger partial charge is 0.461 e. The molecule has 0 aromatic carbocycles. The molecular weight excluding hydrogens is 265 g/mol. The van der Waals surface area contributed by atoms with Crippen LogP contribution in [0, 0.1) is 5.82 Å². The van der Waals surface area contributed by atoms with Crippen LogP contribution in [0.1, 0.15) is 28.7 Å². The minimum Gasteiger partial charge on any atom is -0.461 e. The van der Waals surface area contributed by atoms with Gasteiger partial charge in [-0.3, -0.25) is 4.98 Å². The number of nitrogens with zero attached hydrogens (tertiary/aromatic N) is 4. The predicted octanol–water partition coefficient (Wildman–Crippen LogP) is 0.496. The number of pyridine rings is 1. The summed E-state index contributed by atoms with van der Waals surface area (Å²) in [7, 11) is 0. The van der Waals surface area contributed by atoms with Gasteiger partial charge in [0.05, 0.1) is 25.0 Å². The number of rotatable bonds is 5. The smallest absolute Gasteiger partial charge is 0.360 e. The molecule has 0 radical (unpaired) electrons. The van der Waals surface area contributed by atoms with Crippen LogP contribution in [0.25, 0.3) is 0 Å². The molecule has 0 amide bonds. The Labute approximate surface area is 114 Å². The van der Waals surface area contributed by atoms with Gasteiger partial charge in [0.1, 0.15) is 5.82 Å². The molecule has 2 rings (SSSR count). The number of carbonyl (C=O) groups excluding carboxylic acids is 1. The first-order valence-electron chi connectivity index (χ1n) is 6.04. The molecule has 0 fully saturated rings. The number of carbonyl (C=O) groups is 1. The SMILES string of the molecule is CCOC(=O)c1nnn(Cc2cncc(F)c2)c1CN. The summed E-state index contributed by atoms with van der Waals surface area (Å²) < 4.78 is 19.4. The lowest BCUT2D eigenvalue weighted by Crippen LogP contribution is -2.15. The van der Waals surface area contributed by atoms with Gasteiger partial charge in [-0.25, -0.2) is 13.9 Å². The summed E-state index contributed by atoms with van der Waals surface area (Å²) >= 11 is 0. The molecule has 0 saturated heterocycles. The average molecular weight is 279 g/mol. The van der Waals surface area contributed by atoms with Gasteiger partial charge in [-0.05, 0) is 18.6 Å². The molecule has 2 aromatic heterocycles. The van der Waals surface area contributed by atoms with E-state index in [1.54, 1.807) is 6.92 Å². The summed E-state index contributed by atoms with van der Waals surface area (Å²) in [6.07, 6.45) is 2.62. The highest BCUT2D eigenvalue weighted by Gasteiger charge is 2.19. The molecule has 0 spiro atoms. The zero-order valence-corrected chi connectivity index (χ0v) is 10.9. The maximum Gasteiger partial charge on any atom is 0.360 e. The predicted molar refractivity (Wildman–Crippen MR) is 67.2 cm³/mol. The zero-order chi connectivity index (χ0) is 14.5. The van der Waals surface area contributed by atoms with Crippen molar-refractivity contribution < 1.29 is 13.9 Å². The second-order valence-electron chi connectivity index (χ2n) is 3.98. The van der Waals surface area contributed by atoms with Crippen molar-refractivity contribution in [2.75, 3.05) is 6.61 Å². The third kappa shape index (κ3) is 2.97. The molecule has 2 aromatic rings. The van der Waals surface area contributed by atoms with Gasteiger partial charge in [-0.2, -0.15) is 0 Å². The minimum atomic E-state index is -0.573. The standard InChI is InChI=1S/C12H14FN5O2/c1-2-20-12(19)11-10(4-14)18(17-16-11)7-8-3-9(13)6-15-5-8/h3,5-6H,2,4,7,14H2,1H3. The molecule has 106 valence electrons. The molecule has 0 aliphatic carbocycles. The van der Waals surface area contributed by atoms with E-state index < -0.39 is 11.8 Å². The van der Waals surface area contributed by atoms with Gasteiger partial charge in [-0.1, -0.05) is 5.21 Å². The third-order valence-electron chi connectivity index (χ3n) is 2.59. The molecule has 0 aliphatic rings. The molecule has 0 saturated carbocycles. The van der Waals surface area contributed by atoms with Gasteiger partial charge < -0.3 is 10.5 Å². The average Bonchev–Trinajstić information content (AvgIpc) is 2.82. The summed E-state index contributed by atoms with van der Waals surface area (Å²) in [5, 5.41) is 7.62. The molecule has 0 bridgehead atoms. The van der Waals surface area contributed by atoms with Crippen LogP contribution in [0.2, 0.25) is 0 Å². The van der Waals surface area contributed by atoms with E-state index in [2.05, 4.69) is 15.3 Å². The van der Waals surface area contributed by atoms with Crippen molar-refractivity contribution in [2.45, 2.75) is 20.0 Å². The van der Waals surface area contributed by atoms with Crippen molar-refractivity contribution in [1.82, 2.24) is 20.0 Å². The van der Waals surface area contributed by atoms with E-state index in [1.807, 2.05) is 0 Å². The Morgan fingerprint density at radius 3 is 2.95 bits per heavy atom. The van der Waals surface area contributed by atoms with Crippen LogP contribution < -0.4 is 5.73 Å². The highest BCUT2D eigenvalue weighted by atomic mass is 19.1. The Hall–Kier alpha value is -2.35. The number of hydrogen-bond donors (Lipinski definition) is 1. The molecule has 20 heavy (non-hydrogen) atoms. The van der Waals surface area contributed by atoms with Crippen molar-refractivity contribution in [2.24, 2.45) is 5.73 Å². The molecule has 7 nitrogen and oxygen atoms in total. The molecule has 2 N–H and O–H groups in total. The van der Waals surface area contributed by atoms with Crippen LogP contribution in [-0.4, -0.2) is 32.6 Å². The minimum absolute atomic E-state index is 0.0733. The third-order valence-corrected chi connectivity index (χ3v) is 2.59. The first-order valence-corrected chi connectivity index (χ1v) is 6.04. The summed E-state index contributed by atoms with van der Waals surface area (Å²) in [6, 6.07) is 1.33. The quantitative estimate of drug-likeness (QED) is 0.800. The number of hydrogen-bond acceptors (Lipinski definition) is 6. The molecule has 8 heteroatoms. The van der Waals surface area contributed by atoms with E-state index in [0.717, 1.165) is 6.20 Å². The van der Waals surface area contributed by atoms with Crippen LogP contribution in [0.5, 0.6) is 0 Å². The van der Waals surface area contributed by atoms with E-state index in [9.17, 15) is 9.18 Å². The number of aromatic nitrogens is 4. The van der Waals surface area contributed by atoms with Crippen molar-refractivity contribution in [3.63, 3.8) is 0 Å². The lowest BCUT2D eigenvalue weighted by atomic mass is 10.2. The van der Waals surface area contributed by atoms with Gasteiger partial charge in [0, 0.05) is 12.7 Å². The Balaban J connectivity index is 2.27. The Morgan fingerprint density at radius 1 is 1.50 bits per heavy atom. The van der Waals surface area contributed by atoms with Gasteiger partial charge in [0.25, 0.3) is 0 Å². The number of nitrogens with two attached hydrogens (primary N) is 1. The Bertz CT molecular complexity index is 614. The highest BCUT2D eigenvalue weighted by Crippen LogP contribution is 2.10. The van der Waals surface area contributed by atoms with Crippen LogP contribution in [0.3, 0.4) is 0 Å². The van der Waals surface area contributed by atoms with Gasteiger partial charge in [0.2, 0.25) is 0 Å². The summed E-state index contributed by atoms with van der Waals surface area (Å²) in [5.74, 6) is -1.01. The lowest BCUT2D eigenvalue weighted by molar-refractivity contribution is 0.0518. The first kappa shape index (κ1) is 14.1. The van der Waals surface area contributed by atoms with E-state index in [1.165, 1.54) is 16.9 Å². The second-order valence-corrected chi connectivity index (χ2v) is 3.98. The van der Waals surface area contributed by atoms with Gasteiger partial charge in [0.15, 0.2) is 5.69 Å².